The topological polar surface area (TPSA) is 78.0 Å². The maximum absolute atomic E-state index is 12.5. The average molecular weight is 310 g/mol. The fourth-order valence-corrected chi connectivity index (χ4v) is 2.68. The molecule has 1 fully saturated rings. The number of aromatic nitrogens is 3. The quantitative estimate of drug-likeness (QED) is 0.828. The minimum Gasteiger partial charge on any atom is -0.355 e. The van der Waals surface area contributed by atoms with Gasteiger partial charge in [-0.25, -0.2) is 4.98 Å². The zero-order chi connectivity index (χ0) is 16.2. The number of carbonyl (C=O) groups is 1. The van der Waals surface area contributed by atoms with Crippen LogP contribution in [0.4, 0.5) is 5.82 Å². The molecule has 0 aromatic carbocycles. The second-order valence-corrected chi connectivity index (χ2v) is 5.52. The number of hydrogen-bond donors (Lipinski definition) is 0. The molecule has 0 N–H and O–H groups in total. The van der Waals surface area contributed by atoms with Crippen LogP contribution in [0.1, 0.15) is 22.5 Å². The zero-order valence-corrected chi connectivity index (χ0v) is 13.0. The van der Waals surface area contributed by atoms with Gasteiger partial charge in [-0.1, -0.05) is 0 Å². The summed E-state index contributed by atoms with van der Waals surface area (Å²) in [6.45, 7) is 2.90. The van der Waals surface area contributed by atoms with E-state index in [1.807, 2.05) is 11.0 Å². The Morgan fingerprint density at radius 3 is 2.74 bits per heavy atom. The fraction of sp³-hybridized carbons (Fsp3) is 0.375. The van der Waals surface area contributed by atoms with E-state index in [1.54, 1.807) is 36.3 Å². The zero-order valence-electron chi connectivity index (χ0n) is 13.0. The predicted octanol–water partition coefficient (Wildman–Crippen LogP) is 1.04. The van der Waals surface area contributed by atoms with Crippen LogP contribution in [0, 0.1) is 11.3 Å². The first-order valence-electron chi connectivity index (χ1n) is 7.57. The molecular weight excluding hydrogens is 292 g/mol. The maximum atomic E-state index is 12.5. The van der Waals surface area contributed by atoms with Crippen molar-refractivity contribution < 1.29 is 4.79 Å². The fourth-order valence-electron chi connectivity index (χ4n) is 2.68. The highest BCUT2D eigenvalue weighted by molar-refractivity contribution is 5.92. The molecule has 7 heteroatoms. The van der Waals surface area contributed by atoms with Gasteiger partial charge in [0.25, 0.3) is 5.91 Å². The Kier molecular flexibility index (Phi) is 4.24. The molecule has 2 aromatic heterocycles. The Bertz CT molecular complexity index is 730. The van der Waals surface area contributed by atoms with Gasteiger partial charge in [0.15, 0.2) is 0 Å². The van der Waals surface area contributed by atoms with Crippen molar-refractivity contribution in [3.63, 3.8) is 0 Å². The molecule has 0 aliphatic carbocycles. The van der Waals surface area contributed by atoms with Gasteiger partial charge in [-0.15, -0.1) is 0 Å². The molecule has 0 atom stereocenters. The highest BCUT2D eigenvalue weighted by Crippen LogP contribution is 2.15. The van der Waals surface area contributed by atoms with Crippen LogP contribution < -0.4 is 4.90 Å². The van der Waals surface area contributed by atoms with Crippen molar-refractivity contribution in [3.8, 4) is 6.07 Å². The van der Waals surface area contributed by atoms with E-state index in [-0.39, 0.29) is 5.91 Å². The van der Waals surface area contributed by atoms with E-state index in [9.17, 15) is 4.79 Å². The average Bonchev–Trinajstić information content (AvgIpc) is 2.87. The highest BCUT2D eigenvalue weighted by Gasteiger charge is 2.22. The van der Waals surface area contributed by atoms with Gasteiger partial charge in [-0.05, 0) is 24.6 Å². The van der Waals surface area contributed by atoms with Gasteiger partial charge >= 0.3 is 0 Å². The number of carbonyl (C=O) groups excluding carboxylic acids is 1. The Morgan fingerprint density at radius 2 is 2.09 bits per heavy atom. The largest absolute Gasteiger partial charge is 0.355 e. The van der Waals surface area contributed by atoms with Crippen molar-refractivity contribution in [1.29, 1.82) is 5.26 Å². The summed E-state index contributed by atoms with van der Waals surface area (Å²) >= 11 is 0. The first kappa shape index (κ1) is 15.0. The molecule has 1 amide bonds. The molecule has 118 valence electrons. The van der Waals surface area contributed by atoms with Crippen LogP contribution in [-0.4, -0.2) is 51.8 Å². The Morgan fingerprint density at radius 1 is 1.22 bits per heavy atom. The number of anilines is 1. The van der Waals surface area contributed by atoms with E-state index in [1.165, 1.54) is 0 Å². The van der Waals surface area contributed by atoms with E-state index < -0.39 is 0 Å². The molecule has 0 bridgehead atoms. The smallest absolute Gasteiger partial charge is 0.274 e. The van der Waals surface area contributed by atoms with Gasteiger partial charge in [-0.2, -0.15) is 10.4 Å². The summed E-state index contributed by atoms with van der Waals surface area (Å²) in [5.41, 5.74) is 1.04. The van der Waals surface area contributed by atoms with Crippen molar-refractivity contribution >= 4 is 11.7 Å². The summed E-state index contributed by atoms with van der Waals surface area (Å²) in [5.74, 6) is 0.816. The third-order valence-electron chi connectivity index (χ3n) is 3.92. The van der Waals surface area contributed by atoms with Gasteiger partial charge in [0.2, 0.25) is 0 Å². The summed E-state index contributed by atoms with van der Waals surface area (Å²) in [7, 11) is 1.80. The Labute approximate surface area is 134 Å². The number of nitriles is 1. The van der Waals surface area contributed by atoms with Crippen molar-refractivity contribution in [2.24, 2.45) is 7.05 Å². The van der Waals surface area contributed by atoms with Gasteiger partial charge < -0.3 is 9.80 Å². The number of hydrogen-bond acceptors (Lipinski definition) is 5. The van der Waals surface area contributed by atoms with Gasteiger partial charge in [0.05, 0.1) is 5.56 Å². The minimum absolute atomic E-state index is 0.0276. The van der Waals surface area contributed by atoms with Crippen molar-refractivity contribution in [2.45, 2.75) is 6.42 Å². The normalized spacial score (nSPS) is 15.1. The highest BCUT2D eigenvalue weighted by atomic mass is 16.2. The van der Waals surface area contributed by atoms with E-state index in [0.29, 0.717) is 24.3 Å². The molecule has 3 heterocycles. The molecule has 3 rings (SSSR count). The lowest BCUT2D eigenvalue weighted by Gasteiger charge is -2.22. The molecule has 23 heavy (non-hydrogen) atoms. The van der Waals surface area contributed by atoms with Crippen molar-refractivity contribution in [1.82, 2.24) is 19.7 Å². The van der Waals surface area contributed by atoms with E-state index in [4.69, 9.17) is 5.26 Å². The lowest BCUT2D eigenvalue weighted by molar-refractivity contribution is 0.0760. The summed E-state index contributed by atoms with van der Waals surface area (Å²) in [6.07, 6.45) is 4.23. The Hall–Kier alpha value is -2.88. The van der Waals surface area contributed by atoms with Gasteiger partial charge in [0, 0.05) is 45.6 Å². The van der Waals surface area contributed by atoms with Crippen molar-refractivity contribution in [3.05, 3.63) is 41.9 Å². The van der Waals surface area contributed by atoms with E-state index in [2.05, 4.69) is 21.1 Å². The second kappa shape index (κ2) is 6.48. The molecule has 0 unspecified atom stereocenters. The number of rotatable bonds is 2. The number of nitrogens with zero attached hydrogens (tertiary/aromatic N) is 6. The number of pyridine rings is 1. The van der Waals surface area contributed by atoms with Crippen LogP contribution >= 0.6 is 0 Å². The first-order valence-corrected chi connectivity index (χ1v) is 7.57. The number of aryl methyl sites for hydroxylation is 1. The monoisotopic (exact) mass is 310 g/mol. The van der Waals surface area contributed by atoms with Crippen LogP contribution in [0.25, 0.3) is 0 Å². The molecule has 7 nitrogen and oxygen atoms in total. The molecule has 0 saturated carbocycles. The minimum atomic E-state index is -0.0276. The Balaban J connectivity index is 1.67. The summed E-state index contributed by atoms with van der Waals surface area (Å²) in [6, 6.07) is 7.44. The lowest BCUT2D eigenvalue weighted by Crippen LogP contribution is -2.35. The second-order valence-electron chi connectivity index (χ2n) is 5.52. The molecule has 1 aliphatic rings. The van der Waals surface area contributed by atoms with Crippen molar-refractivity contribution in [2.75, 3.05) is 31.1 Å². The molecule has 2 aromatic rings. The summed E-state index contributed by atoms with van der Waals surface area (Å²) in [5, 5.41) is 13.0. The lowest BCUT2D eigenvalue weighted by atomic mass is 10.3. The molecule has 0 spiro atoms. The molecule has 1 saturated heterocycles. The van der Waals surface area contributed by atoms with E-state index in [0.717, 1.165) is 25.3 Å². The van der Waals surface area contributed by atoms with Crippen LogP contribution in [-0.2, 0) is 7.05 Å². The number of amides is 1. The third-order valence-corrected chi connectivity index (χ3v) is 3.92. The van der Waals surface area contributed by atoms with Gasteiger partial charge in [0.1, 0.15) is 17.6 Å². The van der Waals surface area contributed by atoms with Gasteiger partial charge in [-0.3, -0.25) is 9.48 Å². The third kappa shape index (κ3) is 3.31. The van der Waals surface area contributed by atoms with Crippen LogP contribution in [0.2, 0.25) is 0 Å². The maximum Gasteiger partial charge on any atom is 0.274 e. The SMILES string of the molecule is Cn1ccc(C(=O)N2CCCN(c3ccc(C#N)cn3)CC2)n1. The molecule has 0 radical (unpaired) electrons. The standard InChI is InChI=1S/C16H18N6O/c1-20-8-5-14(19-20)16(23)22-7-2-6-21(9-10-22)15-4-3-13(11-17)12-18-15/h3-5,8,12H,2,6-7,9-10H2,1H3. The van der Waals surface area contributed by atoms with Crippen LogP contribution in [0.15, 0.2) is 30.6 Å². The summed E-state index contributed by atoms with van der Waals surface area (Å²) in [4.78, 5) is 20.8. The van der Waals surface area contributed by atoms with E-state index >= 15 is 0 Å². The van der Waals surface area contributed by atoms with Crippen LogP contribution in [0.5, 0.6) is 0 Å². The molecular formula is C16H18N6O. The first-order chi connectivity index (χ1) is 11.2. The predicted molar refractivity (Wildman–Crippen MR) is 84.9 cm³/mol. The summed E-state index contributed by atoms with van der Waals surface area (Å²) < 4.78 is 1.64. The van der Waals surface area contributed by atoms with Crippen LogP contribution in [0.3, 0.4) is 0 Å². The molecule has 1 aliphatic heterocycles.